The van der Waals surface area contributed by atoms with Crippen molar-refractivity contribution in [2.75, 3.05) is 0 Å². The molecule has 4 nitrogen and oxygen atoms in total. The van der Waals surface area contributed by atoms with Gasteiger partial charge in [0, 0.05) is 30.6 Å². The van der Waals surface area contributed by atoms with Crippen molar-refractivity contribution >= 4 is 17.2 Å². The van der Waals surface area contributed by atoms with Gasteiger partial charge in [-0.05, 0) is 35.4 Å². The monoisotopic (exact) mass is 581 g/mol. The fourth-order valence-electron chi connectivity index (χ4n) is 3.95. The van der Waals surface area contributed by atoms with Crippen LogP contribution < -0.4 is 5.32 Å². The van der Waals surface area contributed by atoms with Crippen molar-refractivity contribution in [3.05, 3.63) is 123 Å². The molecular formula is C28H22F7N3OS. The Bertz CT molecular complexity index is 1470. The van der Waals surface area contributed by atoms with Crippen LogP contribution in [0.2, 0.25) is 0 Å². The van der Waals surface area contributed by atoms with Crippen molar-refractivity contribution < 1.29 is 35.5 Å². The van der Waals surface area contributed by atoms with E-state index in [0.717, 1.165) is 35.6 Å². The van der Waals surface area contributed by atoms with Gasteiger partial charge in [0.2, 0.25) is 0 Å². The van der Waals surface area contributed by atoms with Crippen molar-refractivity contribution in [3.8, 4) is 0 Å². The molecule has 0 radical (unpaired) electrons. The Labute approximate surface area is 229 Å². The number of benzene rings is 3. The zero-order chi connectivity index (χ0) is 28.9. The Morgan fingerprint density at radius 1 is 0.800 bits per heavy atom. The molecule has 1 amide bonds. The van der Waals surface area contributed by atoms with Crippen LogP contribution in [-0.2, 0) is 38.5 Å². The first-order valence-corrected chi connectivity index (χ1v) is 12.8. The lowest BCUT2D eigenvalue weighted by Crippen LogP contribution is -2.25. The highest BCUT2D eigenvalue weighted by Gasteiger charge is 2.31. The van der Waals surface area contributed by atoms with Crippen LogP contribution in [0.3, 0.4) is 0 Å². The fourth-order valence-corrected chi connectivity index (χ4v) is 4.76. The van der Waals surface area contributed by atoms with E-state index >= 15 is 0 Å². The predicted molar refractivity (Wildman–Crippen MR) is 136 cm³/mol. The van der Waals surface area contributed by atoms with Crippen molar-refractivity contribution in [1.82, 2.24) is 15.2 Å². The molecule has 0 saturated heterocycles. The first kappa shape index (κ1) is 29.2. The third-order valence-electron chi connectivity index (χ3n) is 5.86. The van der Waals surface area contributed by atoms with Gasteiger partial charge in [0.25, 0.3) is 5.91 Å². The highest BCUT2D eigenvalue weighted by atomic mass is 32.1. The maximum Gasteiger partial charge on any atom is 0.416 e. The summed E-state index contributed by atoms with van der Waals surface area (Å²) in [6.45, 7) is 0.0786. The van der Waals surface area contributed by atoms with Crippen LogP contribution in [0, 0.1) is 5.82 Å². The van der Waals surface area contributed by atoms with Gasteiger partial charge >= 0.3 is 12.4 Å². The average Bonchev–Trinajstić information content (AvgIpc) is 3.36. The Morgan fingerprint density at radius 2 is 1.43 bits per heavy atom. The molecule has 0 aliphatic heterocycles. The summed E-state index contributed by atoms with van der Waals surface area (Å²) in [6.07, 6.45) is -9.02. The van der Waals surface area contributed by atoms with Crippen LogP contribution in [-0.4, -0.2) is 15.8 Å². The number of nitrogens with one attached hydrogen (secondary N) is 1. The molecular weight excluding hydrogens is 559 g/mol. The molecule has 12 heteroatoms. The number of alkyl halides is 6. The molecule has 0 spiro atoms. The number of hydrogen-bond donors (Lipinski definition) is 1. The molecule has 3 aromatic carbocycles. The second kappa shape index (κ2) is 12.2. The molecule has 4 rings (SSSR count). The highest BCUT2D eigenvalue weighted by molar-refractivity contribution is 7.09. The van der Waals surface area contributed by atoms with E-state index < -0.39 is 35.2 Å². The molecule has 4 aromatic rings. The predicted octanol–water partition coefficient (Wildman–Crippen LogP) is 7.45. The van der Waals surface area contributed by atoms with Crippen molar-refractivity contribution in [3.63, 3.8) is 0 Å². The summed E-state index contributed by atoms with van der Waals surface area (Å²) < 4.78 is 92.8. The van der Waals surface area contributed by atoms with Crippen LogP contribution in [0.5, 0.6) is 0 Å². The fraction of sp³-hybridized carbons (Fsp3) is 0.214. The van der Waals surface area contributed by atoms with Gasteiger partial charge in [-0.25, -0.2) is 9.37 Å². The van der Waals surface area contributed by atoms with E-state index in [2.05, 4.69) is 10.3 Å². The maximum absolute atomic E-state index is 14.4. The first-order chi connectivity index (χ1) is 18.9. The van der Waals surface area contributed by atoms with Crippen LogP contribution >= 0.6 is 11.3 Å². The van der Waals surface area contributed by atoms with E-state index in [1.807, 2.05) is 0 Å². The smallest absolute Gasteiger partial charge is 0.347 e. The summed E-state index contributed by atoms with van der Waals surface area (Å²) in [5.74, 6) is -1.07. The number of aromatic nitrogens is 1. The van der Waals surface area contributed by atoms with Crippen molar-refractivity contribution in [2.45, 2.75) is 38.5 Å². The largest absolute Gasteiger partial charge is 0.416 e. The minimum Gasteiger partial charge on any atom is -0.347 e. The van der Waals surface area contributed by atoms with Crippen LogP contribution in [0.15, 0.2) is 78.2 Å². The number of halogens is 7. The molecule has 0 aliphatic rings. The molecule has 1 aromatic heterocycles. The third kappa shape index (κ3) is 7.89. The van der Waals surface area contributed by atoms with Gasteiger partial charge in [-0.2, -0.15) is 26.3 Å². The Hall–Kier alpha value is -3.77. The van der Waals surface area contributed by atoms with Gasteiger partial charge in [0.05, 0.1) is 17.7 Å². The minimum absolute atomic E-state index is 0.0388. The second-order valence-electron chi connectivity index (χ2n) is 8.94. The van der Waals surface area contributed by atoms with E-state index in [0.29, 0.717) is 16.1 Å². The SMILES string of the molecule is O=C(NCc1cccc(C(F)(F)F)c1)c1csc(CN(Cc2cccc(C(F)(F)F)c2)Cc2ccccc2F)n1. The van der Waals surface area contributed by atoms with E-state index in [9.17, 15) is 35.5 Å². The third-order valence-corrected chi connectivity index (χ3v) is 6.70. The van der Waals surface area contributed by atoms with Crippen LogP contribution in [0.4, 0.5) is 30.7 Å². The van der Waals surface area contributed by atoms with Gasteiger partial charge < -0.3 is 5.32 Å². The lowest BCUT2D eigenvalue weighted by molar-refractivity contribution is -0.138. The van der Waals surface area contributed by atoms with Crippen molar-refractivity contribution in [1.29, 1.82) is 0 Å². The normalized spacial score (nSPS) is 12.1. The lowest BCUT2D eigenvalue weighted by atomic mass is 10.1. The highest BCUT2D eigenvalue weighted by Crippen LogP contribution is 2.31. The lowest BCUT2D eigenvalue weighted by Gasteiger charge is -2.22. The number of hydrogen-bond acceptors (Lipinski definition) is 4. The summed E-state index contributed by atoms with van der Waals surface area (Å²) >= 11 is 1.13. The molecule has 40 heavy (non-hydrogen) atoms. The van der Waals surface area contributed by atoms with Gasteiger partial charge in [0.1, 0.15) is 16.5 Å². The number of nitrogens with zero attached hydrogens (tertiary/aromatic N) is 2. The van der Waals surface area contributed by atoms with Crippen LogP contribution in [0.1, 0.15) is 43.3 Å². The Balaban J connectivity index is 1.47. The molecule has 0 unspecified atom stereocenters. The molecule has 0 aliphatic carbocycles. The summed E-state index contributed by atoms with van der Waals surface area (Å²) in [6, 6.07) is 15.5. The number of carbonyl (C=O) groups excluding carboxylic acids is 1. The van der Waals surface area contributed by atoms with E-state index in [1.165, 1.54) is 41.8 Å². The van der Waals surface area contributed by atoms with E-state index in [4.69, 9.17) is 0 Å². The standard InChI is InChI=1S/C28H22F7N3OS/c29-23-10-2-1-7-20(23)15-38(14-19-6-4-9-22(12-19)28(33,34)35)16-25-37-24(17-40-25)26(39)36-13-18-5-3-8-21(11-18)27(30,31)32/h1-12,17H,13-16H2,(H,36,39). The molecule has 1 heterocycles. The molecule has 0 saturated carbocycles. The van der Waals surface area contributed by atoms with Gasteiger partial charge in [-0.15, -0.1) is 11.3 Å². The number of thiazole rings is 1. The second-order valence-corrected chi connectivity index (χ2v) is 9.88. The number of carbonyl (C=O) groups is 1. The van der Waals surface area contributed by atoms with Gasteiger partial charge in [-0.1, -0.05) is 48.5 Å². The maximum atomic E-state index is 14.4. The van der Waals surface area contributed by atoms with Gasteiger partial charge in [-0.3, -0.25) is 9.69 Å². The summed E-state index contributed by atoms with van der Waals surface area (Å²) in [5.41, 5.74) is -0.629. The molecule has 1 N–H and O–H groups in total. The van der Waals surface area contributed by atoms with Crippen LogP contribution in [0.25, 0.3) is 0 Å². The molecule has 0 fully saturated rings. The molecule has 210 valence electrons. The summed E-state index contributed by atoms with van der Waals surface area (Å²) in [5, 5.41) is 4.46. The number of rotatable bonds is 9. The quantitative estimate of drug-likeness (QED) is 0.209. The topological polar surface area (TPSA) is 45.2 Å². The average molecular weight is 582 g/mol. The zero-order valence-electron chi connectivity index (χ0n) is 20.7. The molecule has 0 atom stereocenters. The summed E-state index contributed by atoms with van der Waals surface area (Å²) in [4.78, 5) is 18.6. The zero-order valence-corrected chi connectivity index (χ0v) is 21.5. The number of amides is 1. The Kier molecular flexibility index (Phi) is 8.89. The Morgan fingerprint density at radius 3 is 2.08 bits per heavy atom. The minimum atomic E-state index is -4.52. The molecule has 0 bridgehead atoms. The van der Waals surface area contributed by atoms with Crippen molar-refractivity contribution in [2.24, 2.45) is 0 Å². The van der Waals surface area contributed by atoms with E-state index in [1.54, 1.807) is 17.0 Å². The van der Waals surface area contributed by atoms with Gasteiger partial charge in [0.15, 0.2) is 0 Å². The first-order valence-electron chi connectivity index (χ1n) is 11.9. The summed E-state index contributed by atoms with van der Waals surface area (Å²) in [7, 11) is 0. The van der Waals surface area contributed by atoms with E-state index in [-0.39, 0.29) is 37.4 Å².